The summed E-state index contributed by atoms with van der Waals surface area (Å²) in [5.41, 5.74) is 0.439. The molecule has 4 nitrogen and oxygen atoms in total. The molecule has 0 atom stereocenters. The third-order valence-electron chi connectivity index (χ3n) is 2.12. The highest BCUT2D eigenvalue weighted by Crippen LogP contribution is 2.20. The summed E-state index contributed by atoms with van der Waals surface area (Å²) in [5.74, 6) is -1.19. The molecule has 7 heteroatoms. The Morgan fingerprint density at radius 3 is 2.53 bits per heavy atom. The molecule has 0 radical (unpaired) electrons. The SMILES string of the molecule is Cc1oc(C(=O)O)cc1CN(C)CC(F)(F)F. The van der Waals surface area contributed by atoms with Gasteiger partial charge in [-0.05, 0) is 20.0 Å². The highest BCUT2D eigenvalue weighted by molar-refractivity contribution is 5.84. The zero-order valence-corrected chi connectivity index (χ0v) is 9.34. The zero-order valence-electron chi connectivity index (χ0n) is 9.34. The Labute approximate surface area is 95.6 Å². The molecule has 0 aliphatic carbocycles. The van der Waals surface area contributed by atoms with Crippen LogP contribution >= 0.6 is 0 Å². The van der Waals surface area contributed by atoms with Crippen molar-refractivity contribution in [3.8, 4) is 0 Å². The molecular weight excluding hydrogens is 239 g/mol. The minimum atomic E-state index is -4.28. The highest BCUT2D eigenvalue weighted by atomic mass is 19.4. The third-order valence-corrected chi connectivity index (χ3v) is 2.12. The second-order valence-electron chi connectivity index (χ2n) is 3.78. The minimum absolute atomic E-state index is 0.0118. The number of carbonyl (C=O) groups is 1. The van der Waals surface area contributed by atoms with E-state index in [4.69, 9.17) is 9.52 Å². The second-order valence-corrected chi connectivity index (χ2v) is 3.78. The lowest BCUT2D eigenvalue weighted by Gasteiger charge is -2.17. The van der Waals surface area contributed by atoms with Crippen LogP contribution in [0.5, 0.6) is 0 Å². The molecule has 1 N–H and O–H groups in total. The maximum absolute atomic E-state index is 12.1. The Morgan fingerprint density at radius 1 is 1.53 bits per heavy atom. The zero-order chi connectivity index (χ0) is 13.2. The van der Waals surface area contributed by atoms with Gasteiger partial charge in [0.1, 0.15) is 5.76 Å². The molecule has 0 spiro atoms. The molecule has 1 aromatic heterocycles. The summed E-state index contributed by atoms with van der Waals surface area (Å²) in [4.78, 5) is 11.6. The fourth-order valence-electron chi connectivity index (χ4n) is 1.43. The van der Waals surface area contributed by atoms with Crippen LogP contribution in [0.3, 0.4) is 0 Å². The van der Waals surface area contributed by atoms with Crippen LogP contribution in [0, 0.1) is 6.92 Å². The molecule has 0 saturated carbocycles. The molecule has 0 aliphatic heterocycles. The molecule has 0 unspecified atom stereocenters. The monoisotopic (exact) mass is 251 g/mol. The number of halogens is 3. The quantitative estimate of drug-likeness (QED) is 0.891. The number of aromatic carboxylic acids is 1. The first-order valence-electron chi connectivity index (χ1n) is 4.77. The topological polar surface area (TPSA) is 53.7 Å². The lowest BCUT2D eigenvalue weighted by Crippen LogP contribution is -2.30. The molecule has 1 heterocycles. The number of nitrogens with zero attached hydrogens (tertiary/aromatic N) is 1. The molecule has 1 aromatic rings. The van der Waals surface area contributed by atoms with E-state index in [1.807, 2.05) is 0 Å². The van der Waals surface area contributed by atoms with E-state index >= 15 is 0 Å². The maximum Gasteiger partial charge on any atom is 0.401 e. The van der Waals surface area contributed by atoms with Gasteiger partial charge in [0.15, 0.2) is 0 Å². The van der Waals surface area contributed by atoms with Gasteiger partial charge in [-0.2, -0.15) is 13.2 Å². The smallest absolute Gasteiger partial charge is 0.401 e. The molecule has 1 rings (SSSR count). The predicted octanol–water partition coefficient (Wildman–Crippen LogP) is 2.28. The van der Waals surface area contributed by atoms with Crippen LogP contribution in [0.15, 0.2) is 10.5 Å². The van der Waals surface area contributed by atoms with Crippen molar-refractivity contribution < 1.29 is 27.5 Å². The van der Waals surface area contributed by atoms with Crippen molar-refractivity contribution >= 4 is 5.97 Å². The first kappa shape index (κ1) is 13.6. The summed E-state index contributed by atoms with van der Waals surface area (Å²) < 4.78 is 41.2. The van der Waals surface area contributed by atoms with E-state index in [-0.39, 0.29) is 12.3 Å². The van der Waals surface area contributed by atoms with Gasteiger partial charge in [-0.15, -0.1) is 0 Å². The predicted molar refractivity (Wildman–Crippen MR) is 52.8 cm³/mol. The van der Waals surface area contributed by atoms with Gasteiger partial charge in [0, 0.05) is 12.1 Å². The van der Waals surface area contributed by atoms with Crippen LogP contribution < -0.4 is 0 Å². The summed E-state index contributed by atoms with van der Waals surface area (Å²) in [6, 6.07) is 1.24. The Kier molecular flexibility index (Phi) is 3.82. The standard InChI is InChI=1S/C10H12F3NO3/c1-6-7(3-8(17-6)9(15)16)4-14(2)5-10(11,12)13/h3H,4-5H2,1-2H3,(H,15,16). The number of carboxylic acids is 1. The van der Waals surface area contributed by atoms with Gasteiger partial charge in [0.05, 0.1) is 6.54 Å². The lowest BCUT2D eigenvalue weighted by atomic mass is 10.2. The summed E-state index contributed by atoms with van der Waals surface area (Å²) >= 11 is 0. The molecule has 96 valence electrons. The van der Waals surface area contributed by atoms with E-state index in [9.17, 15) is 18.0 Å². The molecule has 0 bridgehead atoms. The third kappa shape index (κ3) is 4.10. The van der Waals surface area contributed by atoms with Crippen molar-refractivity contribution in [2.45, 2.75) is 19.6 Å². The highest BCUT2D eigenvalue weighted by Gasteiger charge is 2.29. The van der Waals surface area contributed by atoms with Crippen LogP contribution in [-0.4, -0.2) is 35.7 Å². The van der Waals surface area contributed by atoms with Gasteiger partial charge in [0.2, 0.25) is 5.76 Å². The van der Waals surface area contributed by atoms with Crippen LogP contribution in [0.2, 0.25) is 0 Å². The molecule has 0 saturated heterocycles. The number of furan rings is 1. The van der Waals surface area contributed by atoms with E-state index < -0.39 is 18.7 Å². The van der Waals surface area contributed by atoms with Crippen LogP contribution in [0.25, 0.3) is 0 Å². The van der Waals surface area contributed by atoms with Crippen LogP contribution in [-0.2, 0) is 6.54 Å². The van der Waals surface area contributed by atoms with Crippen molar-refractivity contribution in [2.24, 2.45) is 0 Å². The van der Waals surface area contributed by atoms with Crippen LogP contribution in [0.4, 0.5) is 13.2 Å². The second kappa shape index (κ2) is 4.79. The molecule has 0 amide bonds. The molecule has 17 heavy (non-hydrogen) atoms. The van der Waals surface area contributed by atoms with E-state index in [1.165, 1.54) is 20.0 Å². The number of rotatable bonds is 4. The fraction of sp³-hybridized carbons (Fsp3) is 0.500. The summed E-state index contributed by atoms with van der Waals surface area (Å²) in [6.45, 7) is 0.450. The largest absolute Gasteiger partial charge is 0.475 e. The average molecular weight is 251 g/mol. The lowest BCUT2D eigenvalue weighted by molar-refractivity contribution is -0.144. The number of carboxylic acid groups (broad SMARTS) is 1. The summed E-state index contributed by atoms with van der Waals surface area (Å²) in [5, 5.41) is 8.66. The van der Waals surface area contributed by atoms with Gasteiger partial charge in [-0.25, -0.2) is 4.79 Å². The van der Waals surface area contributed by atoms with Gasteiger partial charge in [-0.1, -0.05) is 0 Å². The van der Waals surface area contributed by atoms with E-state index in [0.717, 1.165) is 4.90 Å². The van der Waals surface area contributed by atoms with Crippen molar-refractivity contribution in [3.05, 3.63) is 23.2 Å². The van der Waals surface area contributed by atoms with Gasteiger partial charge in [-0.3, -0.25) is 4.90 Å². The number of alkyl halides is 3. The fourth-order valence-corrected chi connectivity index (χ4v) is 1.43. The molecule has 0 aromatic carbocycles. The number of hydrogen-bond acceptors (Lipinski definition) is 3. The van der Waals surface area contributed by atoms with Crippen molar-refractivity contribution in [1.29, 1.82) is 0 Å². The first-order chi connectivity index (χ1) is 7.69. The molecule has 0 aliphatic rings. The van der Waals surface area contributed by atoms with Crippen molar-refractivity contribution in [3.63, 3.8) is 0 Å². The van der Waals surface area contributed by atoms with Gasteiger partial charge < -0.3 is 9.52 Å². The Hall–Kier alpha value is -1.50. The van der Waals surface area contributed by atoms with E-state index in [2.05, 4.69) is 0 Å². The summed E-state index contributed by atoms with van der Waals surface area (Å²) in [6.07, 6.45) is -4.28. The first-order valence-corrected chi connectivity index (χ1v) is 4.77. The van der Waals surface area contributed by atoms with Gasteiger partial charge in [0.25, 0.3) is 0 Å². The van der Waals surface area contributed by atoms with Crippen molar-refractivity contribution in [2.75, 3.05) is 13.6 Å². The van der Waals surface area contributed by atoms with E-state index in [0.29, 0.717) is 11.3 Å². The Balaban J connectivity index is 2.71. The molecule has 0 fully saturated rings. The van der Waals surface area contributed by atoms with E-state index in [1.54, 1.807) is 0 Å². The van der Waals surface area contributed by atoms with Crippen LogP contribution in [0.1, 0.15) is 21.9 Å². The van der Waals surface area contributed by atoms with Crippen molar-refractivity contribution in [1.82, 2.24) is 4.90 Å². The Bertz CT molecular complexity index is 411. The van der Waals surface area contributed by atoms with Gasteiger partial charge >= 0.3 is 12.1 Å². The Morgan fingerprint density at radius 2 is 2.12 bits per heavy atom. The molecular formula is C10H12F3NO3. The average Bonchev–Trinajstić information content (AvgIpc) is 2.44. The normalized spacial score (nSPS) is 12.1. The minimum Gasteiger partial charge on any atom is -0.475 e. The summed E-state index contributed by atoms with van der Waals surface area (Å²) in [7, 11) is 1.31. The number of hydrogen-bond donors (Lipinski definition) is 1. The maximum atomic E-state index is 12.1. The number of aryl methyl sites for hydroxylation is 1.